The summed E-state index contributed by atoms with van der Waals surface area (Å²) in [6, 6.07) is 9.60. The first-order valence-electron chi connectivity index (χ1n) is 7.07. The van der Waals surface area contributed by atoms with Gasteiger partial charge in [-0.05, 0) is 42.3 Å². The van der Waals surface area contributed by atoms with Gasteiger partial charge in [0.1, 0.15) is 0 Å². The van der Waals surface area contributed by atoms with Crippen LogP contribution in [0.4, 0.5) is 0 Å². The third-order valence-electron chi connectivity index (χ3n) is 4.30. The molecular formula is C16H25N. The Morgan fingerprint density at radius 3 is 2.71 bits per heavy atom. The Balaban J connectivity index is 1.97. The minimum Gasteiger partial charge on any atom is -0.314 e. The topological polar surface area (TPSA) is 12.0 Å². The SMILES string of the molecule is CCNC(CC1Cc2ccccc21)C(C)CC. The van der Waals surface area contributed by atoms with Crippen LogP contribution in [0.15, 0.2) is 24.3 Å². The first-order chi connectivity index (χ1) is 8.26. The summed E-state index contributed by atoms with van der Waals surface area (Å²) < 4.78 is 0. The molecule has 1 aliphatic carbocycles. The van der Waals surface area contributed by atoms with Crippen LogP contribution in [0, 0.1) is 5.92 Å². The summed E-state index contributed by atoms with van der Waals surface area (Å²) in [5.41, 5.74) is 3.16. The van der Waals surface area contributed by atoms with Crippen LogP contribution in [-0.2, 0) is 6.42 Å². The fourth-order valence-corrected chi connectivity index (χ4v) is 2.94. The lowest BCUT2D eigenvalue weighted by Gasteiger charge is -2.35. The third-order valence-corrected chi connectivity index (χ3v) is 4.30. The standard InChI is InChI=1S/C16H25N/c1-4-12(3)16(17-5-2)11-14-10-13-8-6-7-9-15(13)14/h6-9,12,14,16-17H,4-5,10-11H2,1-3H3. The van der Waals surface area contributed by atoms with Crippen molar-refractivity contribution in [3.05, 3.63) is 35.4 Å². The van der Waals surface area contributed by atoms with E-state index in [4.69, 9.17) is 0 Å². The van der Waals surface area contributed by atoms with Gasteiger partial charge in [-0.25, -0.2) is 0 Å². The zero-order valence-corrected chi connectivity index (χ0v) is 11.4. The molecule has 3 atom stereocenters. The zero-order chi connectivity index (χ0) is 12.3. The quantitative estimate of drug-likeness (QED) is 0.786. The lowest BCUT2D eigenvalue weighted by molar-refractivity contribution is 0.322. The fourth-order valence-electron chi connectivity index (χ4n) is 2.94. The molecule has 0 amide bonds. The van der Waals surface area contributed by atoms with Gasteiger partial charge in [-0.2, -0.15) is 0 Å². The normalized spacial score (nSPS) is 21.5. The molecule has 1 aromatic rings. The number of fused-ring (bicyclic) bond motifs is 1. The van der Waals surface area contributed by atoms with E-state index < -0.39 is 0 Å². The Kier molecular flexibility index (Phi) is 4.22. The molecule has 0 fully saturated rings. The zero-order valence-electron chi connectivity index (χ0n) is 11.4. The third kappa shape index (κ3) is 2.71. The molecule has 2 rings (SSSR count). The van der Waals surface area contributed by atoms with Crippen molar-refractivity contribution in [3.63, 3.8) is 0 Å². The second-order valence-electron chi connectivity index (χ2n) is 5.39. The van der Waals surface area contributed by atoms with Gasteiger partial charge in [-0.3, -0.25) is 0 Å². The van der Waals surface area contributed by atoms with Crippen molar-refractivity contribution in [3.8, 4) is 0 Å². The van der Waals surface area contributed by atoms with Gasteiger partial charge in [-0.15, -0.1) is 0 Å². The molecular weight excluding hydrogens is 206 g/mol. The van der Waals surface area contributed by atoms with Crippen LogP contribution in [0.3, 0.4) is 0 Å². The lowest BCUT2D eigenvalue weighted by atomic mass is 9.73. The molecule has 0 radical (unpaired) electrons. The molecule has 1 heteroatoms. The molecule has 3 unspecified atom stereocenters. The molecule has 94 valence electrons. The number of hydrogen-bond acceptors (Lipinski definition) is 1. The van der Waals surface area contributed by atoms with E-state index >= 15 is 0 Å². The van der Waals surface area contributed by atoms with Gasteiger partial charge < -0.3 is 5.32 Å². The van der Waals surface area contributed by atoms with E-state index in [1.807, 2.05) is 0 Å². The molecule has 0 aromatic heterocycles. The van der Waals surface area contributed by atoms with Gasteiger partial charge in [-0.1, -0.05) is 51.5 Å². The molecule has 0 heterocycles. The van der Waals surface area contributed by atoms with Crippen LogP contribution >= 0.6 is 0 Å². The van der Waals surface area contributed by atoms with Gasteiger partial charge >= 0.3 is 0 Å². The highest BCUT2D eigenvalue weighted by Crippen LogP contribution is 2.38. The lowest BCUT2D eigenvalue weighted by Crippen LogP contribution is -2.37. The van der Waals surface area contributed by atoms with Crippen LogP contribution in [0.1, 0.15) is 50.7 Å². The van der Waals surface area contributed by atoms with Crippen LogP contribution in [-0.4, -0.2) is 12.6 Å². The second kappa shape index (κ2) is 5.68. The van der Waals surface area contributed by atoms with Crippen molar-refractivity contribution in [2.24, 2.45) is 5.92 Å². The van der Waals surface area contributed by atoms with Gasteiger partial charge in [0, 0.05) is 6.04 Å². The Bertz CT molecular complexity index is 358. The van der Waals surface area contributed by atoms with Crippen molar-refractivity contribution in [1.29, 1.82) is 0 Å². The predicted octanol–water partition coefficient (Wildman–Crippen LogP) is 3.74. The summed E-state index contributed by atoms with van der Waals surface area (Å²) in [7, 11) is 0. The summed E-state index contributed by atoms with van der Waals surface area (Å²) in [6.07, 6.45) is 3.86. The van der Waals surface area contributed by atoms with E-state index in [1.54, 1.807) is 11.1 Å². The largest absolute Gasteiger partial charge is 0.314 e. The van der Waals surface area contributed by atoms with Crippen LogP contribution < -0.4 is 5.32 Å². The van der Waals surface area contributed by atoms with E-state index in [0.717, 1.165) is 18.4 Å². The molecule has 0 spiro atoms. The highest BCUT2D eigenvalue weighted by Gasteiger charge is 2.29. The number of nitrogens with one attached hydrogen (secondary N) is 1. The summed E-state index contributed by atoms with van der Waals surface area (Å²) in [5, 5.41) is 3.66. The highest BCUT2D eigenvalue weighted by atomic mass is 14.9. The molecule has 1 aromatic carbocycles. The molecule has 1 nitrogen and oxygen atoms in total. The van der Waals surface area contributed by atoms with Crippen molar-refractivity contribution in [2.75, 3.05) is 6.54 Å². The molecule has 0 bridgehead atoms. The van der Waals surface area contributed by atoms with E-state index in [0.29, 0.717) is 6.04 Å². The van der Waals surface area contributed by atoms with E-state index in [-0.39, 0.29) is 0 Å². The van der Waals surface area contributed by atoms with E-state index in [2.05, 4.69) is 50.4 Å². The van der Waals surface area contributed by atoms with Gasteiger partial charge in [0.2, 0.25) is 0 Å². The molecule has 17 heavy (non-hydrogen) atoms. The van der Waals surface area contributed by atoms with Gasteiger partial charge in [0.05, 0.1) is 0 Å². The molecule has 0 saturated carbocycles. The van der Waals surface area contributed by atoms with Crippen molar-refractivity contribution in [2.45, 2.75) is 52.0 Å². The maximum atomic E-state index is 3.66. The number of hydrogen-bond donors (Lipinski definition) is 1. The van der Waals surface area contributed by atoms with E-state index in [9.17, 15) is 0 Å². The Hall–Kier alpha value is -0.820. The van der Waals surface area contributed by atoms with Crippen molar-refractivity contribution >= 4 is 0 Å². The minimum atomic E-state index is 0.684. The fraction of sp³-hybridized carbons (Fsp3) is 0.625. The van der Waals surface area contributed by atoms with Gasteiger partial charge in [0.15, 0.2) is 0 Å². The van der Waals surface area contributed by atoms with Crippen LogP contribution in [0.5, 0.6) is 0 Å². The highest BCUT2D eigenvalue weighted by molar-refractivity contribution is 5.39. The summed E-state index contributed by atoms with van der Waals surface area (Å²) in [5.74, 6) is 1.58. The summed E-state index contributed by atoms with van der Waals surface area (Å²) in [6.45, 7) is 7.97. The molecule has 1 N–H and O–H groups in total. The molecule has 1 aliphatic rings. The Morgan fingerprint density at radius 1 is 1.29 bits per heavy atom. The number of benzene rings is 1. The average Bonchev–Trinajstić information content (AvgIpc) is 2.33. The average molecular weight is 231 g/mol. The second-order valence-corrected chi connectivity index (χ2v) is 5.39. The smallest absolute Gasteiger partial charge is 0.00984 e. The van der Waals surface area contributed by atoms with Crippen LogP contribution in [0.25, 0.3) is 0 Å². The molecule has 0 saturated heterocycles. The Labute approximate surface area is 106 Å². The summed E-state index contributed by atoms with van der Waals surface area (Å²) >= 11 is 0. The number of rotatable bonds is 6. The van der Waals surface area contributed by atoms with E-state index in [1.165, 1.54) is 19.3 Å². The van der Waals surface area contributed by atoms with Crippen molar-refractivity contribution < 1.29 is 0 Å². The minimum absolute atomic E-state index is 0.684. The van der Waals surface area contributed by atoms with Crippen molar-refractivity contribution in [1.82, 2.24) is 5.32 Å². The maximum absolute atomic E-state index is 3.66. The maximum Gasteiger partial charge on any atom is 0.00984 e. The first-order valence-corrected chi connectivity index (χ1v) is 7.07. The summed E-state index contributed by atoms with van der Waals surface area (Å²) in [4.78, 5) is 0. The molecule has 0 aliphatic heterocycles. The van der Waals surface area contributed by atoms with Gasteiger partial charge in [0.25, 0.3) is 0 Å². The predicted molar refractivity (Wildman–Crippen MR) is 74.4 cm³/mol. The van der Waals surface area contributed by atoms with Crippen LogP contribution in [0.2, 0.25) is 0 Å². The monoisotopic (exact) mass is 231 g/mol. The Morgan fingerprint density at radius 2 is 2.06 bits per heavy atom. The first kappa shape index (κ1) is 12.6.